The molecule has 1 aromatic carbocycles. The lowest BCUT2D eigenvalue weighted by atomic mass is 10.0. The number of hydrogen-bond donors (Lipinski definition) is 1. The zero-order valence-corrected chi connectivity index (χ0v) is 13.6. The van der Waals surface area contributed by atoms with Crippen LogP contribution in [0.5, 0.6) is 0 Å². The molecule has 1 N–H and O–H groups in total. The lowest BCUT2D eigenvalue weighted by molar-refractivity contribution is 0.240. The van der Waals surface area contributed by atoms with Crippen LogP contribution in [0.15, 0.2) is 47.6 Å². The number of anilines is 1. The van der Waals surface area contributed by atoms with Crippen LogP contribution in [0.3, 0.4) is 0 Å². The molecule has 0 spiro atoms. The maximum atomic E-state index is 4.44. The Hall–Kier alpha value is -1.39. The summed E-state index contributed by atoms with van der Waals surface area (Å²) in [7, 11) is 0. The first-order valence-corrected chi connectivity index (χ1v) is 8.19. The van der Waals surface area contributed by atoms with Gasteiger partial charge in [0.25, 0.3) is 0 Å². The number of likely N-dealkylation sites (tertiary alicyclic amines) is 1. The summed E-state index contributed by atoms with van der Waals surface area (Å²) in [6.07, 6.45) is 6.22. The molecule has 1 aliphatic rings. The van der Waals surface area contributed by atoms with Gasteiger partial charge in [0, 0.05) is 47.4 Å². The first-order chi connectivity index (χ1) is 10.3. The number of fused-ring (bicyclic) bond motifs is 1. The molecule has 2 heterocycles. The van der Waals surface area contributed by atoms with Gasteiger partial charge in [0.1, 0.15) is 0 Å². The van der Waals surface area contributed by atoms with Crippen LogP contribution in [0.25, 0.3) is 10.9 Å². The standard InChI is InChI=1S/C17H20BrN3/c1-2-9-21-10-6-14(7-11-21)20-16-5-8-19-17-12-13(18)3-4-15(16)17/h2-5,8,12,14H,1,6-7,9-11H2,(H,19,20). The predicted octanol–water partition coefficient (Wildman–Crippen LogP) is 4.06. The molecule has 1 fully saturated rings. The van der Waals surface area contributed by atoms with Crippen LogP contribution >= 0.6 is 15.9 Å². The van der Waals surface area contributed by atoms with Gasteiger partial charge >= 0.3 is 0 Å². The van der Waals surface area contributed by atoms with Gasteiger partial charge in [0.05, 0.1) is 5.52 Å². The highest BCUT2D eigenvalue weighted by Gasteiger charge is 2.18. The molecule has 1 aliphatic heterocycles. The molecule has 21 heavy (non-hydrogen) atoms. The molecule has 0 atom stereocenters. The largest absolute Gasteiger partial charge is 0.382 e. The number of halogens is 1. The molecular weight excluding hydrogens is 326 g/mol. The van der Waals surface area contributed by atoms with Gasteiger partial charge in [-0.2, -0.15) is 0 Å². The minimum Gasteiger partial charge on any atom is -0.382 e. The van der Waals surface area contributed by atoms with Crippen molar-refractivity contribution in [2.24, 2.45) is 0 Å². The van der Waals surface area contributed by atoms with E-state index in [1.54, 1.807) is 0 Å². The molecule has 0 radical (unpaired) electrons. The summed E-state index contributed by atoms with van der Waals surface area (Å²) in [5.41, 5.74) is 2.22. The van der Waals surface area contributed by atoms with Gasteiger partial charge in [0.2, 0.25) is 0 Å². The second-order valence-corrected chi connectivity index (χ2v) is 6.44. The van der Waals surface area contributed by atoms with Crippen LogP contribution in [-0.4, -0.2) is 35.6 Å². The first kappa shape index (κ1) is 14.5. The van der Waals surface area contributed by atoms with E-state index < -0.39 is 0 Å². The molecule has 0 bridgehead atoms. The van der Waals surface area contributed by atoms with Gasteiger partial charge in [-0.25, -0.2) is 0 Å². The van der Waals surface area contributed by atoms with Gasteiger partial charge in [0.15, 0.2) is 0 Å². The fourth-order valence-corrected chi connectivity index (χ4v) is 3.26. The molecule has 0 aliphatic carbocycles. The number of nitrogens with one attached hydrogen (secondary N) is 1. The molecule has 0 amide bonds. The van der Waals surface area contributed by atoms with E-state index in [-0.39, 0.29) is 0 Å². The normalized spacial score (nSPS) is 17.0. The van der Waals surface area contributed by atoms with Gasteiger partial charge in [-0.1, -0.05) is 22.0 Å². The third-order valence-corrected chi connectivity index (χ3v) is 4.53. The van der Waals surface area contributed by atoms with Crippen molar-refractivity contribution >= 4 is 32.5 Å². The van der Waals surface area contributed by atoms with E-state index in [0.717, 1.165) is 29.6 Å². The Bertz CT molecular complexity index is 633. The highest BCUT2D eigenvalue weighted by atomic mass is 79.9. The number of aromatic nitrogens is 1. The molecule has 3 rings (SSSR count). The maximum Gasteiger partial charge on any atom is 0.0733 e. The SMILES string of the molecule is C=CCN1CCC(Nc2ccnc3cc(Br)ccc23)CC1. The van der Waals surface area contributed by atoms with Crippen molar-refractivity contribution in [2.75, 3.05) is 25.0 Å². The van der Waals surface area contributed by atoms with Crippen LogP contribution in [0.4, 0.5) is 5.69 Å². The Morgan fingerprint density at radius 2 is 2.14 bits per heavy atom. The number of hydrogen-bond acceptors (Lipinski definition) is 3. The highest BCUT2D eigenvalue weighted by molar-refractivity contribution is 9.10. The predicted molar refractivity (Wildman–Crippen MR) is 92.7 cm³/mol. The van der Waals surface area contributed by atoms with Gasteiger partial charge < -0.3 is 5.32 Å². The summed E-state index contributed by atoms with van der Waals surface area (Å²) in [6.45, 7) is 7.09. The van der Waals surface area contributed by atoms with E-state index in [0.29, 0.717) is 6.04 Å². The van der Waals surface area contributed by atoms with E-state index in [2.05, 4.69) is 62.0 Å². The maximum absolute atomic E-state index is 4.44. The van der Waals surface area contributed by atoms with Crippen molar-refractivity contribution in [3.8, 4) is 0 Å². The lowest BCUT2D eigenvalue weighted by Gasteiger charge is -2.32. The molecule has 1 saturated heterocycles. The molecule has 110 valence electrons. The van der Waals surface area contributed by atoms with E-state index in [1.807, 2.05) is 12.3 Å². The Balaban J connectivity index is 1.72. The van der Waals surface area contributed by atoms with E-state index in [9.17, 15) is 0 Å². The van der Waals surface area contributed by atoms with Crippen LogP contribution in [0, 0.1) is 0 Å². The monoisotopic (exact) mass is 345 g/mol. The third-order valence-electron chi connectivity index (χ3n) is 4.04. The third kappa shape index (κ3) is 3.44. The zero-order valence-electron chi connectivity index (χ0n) is 12.1. The van der Waals surface area contributed by atoms with Gasteiger partial charge in [-0.3, -0.25) is 9.88 Å². The summed E-state index contributed by atoms with van der Waals surface area (Å²) in [4.78, 5) is 6.89. The Labute approximate surface area is 134 Å². The molecule has 3 nitrogen and oxygen atoms in total. The average Bonchev–Trinajstić information content (AvgIpc) is 2.49. The minimum atomic E-state index is 0.542. The van der Waals surface area contributed by atoms with Crippen molar-refractivity contribution in [3.05, 3.63) is 47.6 Å². The number of pyridine rings is 1. The van der Waals surface area contributed by atoms with Crippen molar-refractivity contribution in [1.82, 2.24) is 9.88 Å². The average molecular weight is 346 g/mol. The summed E-state index contributed by atoms with van der Waals surface area (Å²) in [5, 5.41) is 4.89. The molecular formula is C17H20BrN3. The smallest absolute Gasteiger partial charge is 0.0733 e. The van der Waals surface area contributed by atoms with E-state index in [1.165, 1.54) is 23.9 Å². The van der Waals surface area contributed by atoms with Crippen LogP contribution in [0.2, 0.25) is 0 Å². The fourth-order valence-electron chi connectivity index (χ4n) is 2.91. The van der Waals surface area contributed by atoms with Crippen LogP contribution < -0.4 is 5.32 Å². The first-order valence-electron chi connectivity index (χ1n) is 7.40. The van der Waals surface area contributed by atoms with Gasteiger partial charge in [-0.05, 0) is 37.1 Å². The number of piperidine rings is 1. The minimum absolute atomic E-state index is 0.542. The van der Waals surface area contributed by atoms with Crippen LogP contribution in [-0.2, 0) is 0 Å². The van der Waals surface area contributed by atoms with Crippen molar-refractivity contribution in [1.29, 1.82) is 0 Å². The molecule has 4 heteroatoms. The van der Waals surface area contributed by atoms with Crippen molar-refractivity contribution in [2.45, 2.75) is 18.9 Å². The summed E-state index contributed by atoms with van der Waals surface area (Å²) in [6, 6.07) is 8.88. The highest BCUT2D eigenvalue weighted by Crippen LogP contribution is 2.26. The second-order valence-electron chi connectivity index (χ2n) is 5.53. The van der Waals surface area contributed by atoms with E-state index in [4.69, 9.17) is 0 Å². The second kappa shape index (κ2) is 6.58. The number of rotatable bonds is 4. The fraction of sp³-hybridized carbons (Fsp3) is 0.353. The summed E-state index contributed by atoms with van der Waals surface area (Å²) >= 11 is 3.50. The molecule has 0 saturated carbocycles. The van der Waals surface area contributed by atoms with Gasteiger partial charge in [-0.15, -0.1) is 6.58 Å². The summed E-state index contributed by atoms with van der Waals surface area (Å²) in [5.74, 6) is 0. The number of nitrogens with zero attached hydrogens (tertiary/aromatic N) is 2. The quantitative estimate of drug-likeness (QED) is 0.847. The summed E-state index contributed by atoms with van der Waals surface area (Å²) < 4.78 is 1.07. The lowest BCUT2D eigenvalue weighted by Crippen LogP contribution is -2.39. The Morgan fingerprint density at radius 1 is 1.33 bits per heavy atom. The molecule has 0 unspecified atom stereocenters. The molecule has 1 aromatic heterocycles. The molecule has 2 aromatic rings. The van der Waals surface area contributed by atoms with Crippen molar-refractivity contribution in [3.63, 3.8) is 0 Å². The van der Waals surface area contributed by atoms with Crippen molar-refractivity contribution < 1.29 is 0 Å². The Kier molecular flexibility index (Phi) is 4.56. The van der Waals surface area contributed by atoms with E-state index >= 15 is 0 Å². The topological polar surface area (TPSA) is 28.2 Å². The van der Waals surface area contributed by atoms with Crippen LogP contribution in [0.1, 0.15) is 12.8 Å². The zero-order chi connectivity index (χ0) is 14.7. The Morgan fingerprint density at radius 3 is 2.90 bits per heavy atom. The number of benzene rings is 1.